The quantitative estimate of drug-likeness (QED) is 0.808. The van der Waals surface area contributed by atoms with Crippen LogP contribution in [0, 0.1) is 5.92 Å². The second-order valence-electron chi connectivity index (χ2n) is 6.03. The molecule has 0 aliphatic heterocycles. The number of hydrogen-bond donors (Lipinski definition) is 3. The molecule has 2 aromatic heterocycles. The van der Waals surface area contributed by atoms with Crippen molar-refractivity contribution in [2.75, 3.05) is 5.32 Å². The predicted molar refractivity (Wildman–Crippen MR) is 86.9 cm³/mol. The smallest absolute Gasteiger partial charge is 0.373 e. The Hall–Kier alpha value is -2.17. The van der Waals surface area contributed by atoms with Crippen LogP contribution in [-0.2, 0) is 16.0 Å². The van der Waals surface area contributed by atoms with Gasteiger partial charge in [-0.15, -0.1) is 0 Å². The average molecular weight is 317 g/mol. The Morgan fingerprint density at radius 1 is 1.43 bits per heavy atom. The second-order valence-corrected chi connectivity index (χ2v) is 6.03. The van der Waals surface area contributed by atoms with Crippen molar-refractivity contribution in [2.24, 2.45) is 5.92 Å². The maximum atomic E-state index is 9.92. The SMILES string of the molecule is CCc1cnc2[nH]ccc2c1N[C@@H]1C[C@H](O)CC[C@H]1C.O=C=O. The molecule has 6 nitrogen and oxygen atoms in total. The van der Waals surface area contributed by atoms with Gasteiger partial charge in [-0.05, 0) is 43.2 Å². The van der Waals surface area contributed by atoms with Gasteiger partial charge in [0.25, 0.3) is 0 Å². The lowest BCUT2D eigenvalue weighted by Crippen LogP contribution is -2.36. The molecule has 0 bridgehead atoms. The molecule has 3 atom stereocenters. The van der Waals surface area contributed by atoms with Gasteiger partial charge in [-0.1, -0.05) is 13.8 Å². The molecule has 0 radical (unpaired) electrons. The Morgan fingerprint density at radius 3 is 2.87 bits per heavy atom. The van der Waals surface area contributed by atoms with Gasteiger partial charge in [0.05, 0.1) is 11.8 Å². The highest BCUT2D eigenvalue weighted by Crippen LogP contribution is 2.32. The number of aryl methyl sites for hydroxylation is 1. The zero-order chi connectivity index (χ0) is 16.8. The van der Waals surface area contributed by atoms with Crippen LogP contribution in [0.15, 0.2) is 18.5 Å². The third-order valence-corrected chi connectivity index (χ3v) is 4.54. The number of nitrogens with zero attached hydrogens (tertiary/aromatic N) is 1. The molecule has 0 saturated heterocycles. The van der Waals surface area contributed by atoms with E-state index < -0.39 is 0 Å². The Bertz CT molecular complexity index is 677. The summed E-state index contributed by atoms with van der Waals surface area (Å²) in [4.78, 5) is 23.9. The molecule has 1 aliphatic rings. The fourth-order valence-corrected chi connectivity index (χ4v) is 3.17. The van der Waals surface area contributed by atoms with Gasteiger partial charge in [-0.25, -0.2) is 4.98 Å². The Kier molecular flexibility index (Phi) is 5.90. The molecule has 1 fully saturated rings. The summed E-state index contributed by atoms with van der Waals surface area (Å²) in [6.07, 6.45) is 7.76. The molecule has 2 aromatic rings. The number of nitrogens with one attached hydrogen (secondary N) is 2. The van der Waals surface area contributed by atoms with E-state index in [2.05, 4.69) is 35.2 Å². The Labute approximate surface area is 135 Å². The molecule has 2 heterocycles. The van der Waals surface area contributed by atoms with Crippen LogP contribution in [-0.4, -0.2) is 33.4 Å². The first-order chi connectivity index (χ1) is 11.1. The fourth-order valence-electron chi connectivity index (χ4n) is 3.17. The van der Waals surface area contributed by atoms with Crippen molar-refractivity contribution >= 4 is 22.9 Å². The summed E-state index contributed by atoms with van der Waals surface area (Å²) in [5.74, 6) is 0.588. The first kappa shape index (κ1) is 17.2. The van der Waals surface area contributed by atoms with Crippen LogP contribution in [0.4, 0.5) is 5.69 Å². The lowest BCUT2D eigenvalue weighted by atomic mass is 9.84. The fraction of sp³-hybridized carbons (Fsp3) is 0.529. The lowest BCUT2D eigenvalue weighted by molar-refractivity contribution is -0.191. The van der Waals surface area contributed by atoms with Crippen LogP contribution in [0.5, 0.6) is 0 Å². The van der Waals surface area contributed by atoms with Crippen molar-refractivity contribution in [3.05, 3.63) is 24.0 Å². The first-order valence-electron chi connectivity index (χ1n) is 7.99. The minimum absolute atomic E-state index is 0.169. The van der Waals surface area contributed by atoms with Crippen LogP contribution in [0.2, 0.25) is 0 Å². The van der Waals surface area contributed by atoms with E-state index in [0.29, 0.717) is 12.0 Å². The van der Waals surface area contributed by atoms with Gasteiger partial charge in [-0.3, -0.25) is 0 Å². The summed E-state index contributed by atoms with van der Waals surface area (Å²) in [6, 6.07) is 2.41. The standard InChI is InChI=1S/C16H23N3O.CO2/c1-3-11-9-18-16-13(6-7-17-16)15(11)19-14-8-12(20)5-4-10(14)2;2-1-3/h6-7,9-10,12,14,20H,3-5,8H2,1-2H3,(H2,17,18,19);/t10-,12-,14-;/m1./s1. The number of aliphatic hydroxyl groups excluding tert-OH is 1. The summed E-state index contributed by atoms with van der Waals surface area (Å²) >= 11 is 0. The number of aliphatic hydroxyl groups is 1. The predicted octanol–water partition coefficient (Wildman–Crippen LogP) is 2.50. The maximum absolute atomic E-state index is 9.92. The van der Waals surface area contributed by atoms with Crippen molar-refractivity contribution in [3.8, 4) is 0 Å². The largest absolute Gasteiger partial charge is 0.393 e. The molecule has 0 aromatic carbocycles. The summed E-state index contributed by atoms with van der Waals surface area (Å²) < 4.78 is 0. The second kappa shape index (κ2) is 7.90. The summed E-state index contributed by atoms with van der Waals surface area (Å²) in [5.41, 5.74) is 3.35. The van der Waals surface area contributed by atoms with Crippen molar-refractivity contribution in [3.63, 3.8) is 0 Å². The number of H-pyrrole nitrogens is 1. The van der Waals surface area contributed by atoms with E-state index in [4.69, 9.17) is 9.59 Å². The normalized spacial score (nSPS) is 23.7. The number of hydrogen-bond acceptors (Lipinski definition) is 5. The third kappa shape index (κ3) is 3.97. The number of aromatic amines is 1. The van der Waals surface area contributed by atoms with E-state index in [-0.39, 0.29) is 12.3 Å². The van der Waals surface area contributed by atoms with Crippen molar-refractivity contribution < 1.29 is 14.7 Å². The molecule has 1 saturated carbocycles. The molecular formula is C17H23N3O3. The van der Waals surface area contributed by atoms with Gasteiger partial charge in [-0.2, -0.15) is 9.59 Å². The summed E-state index contributed by atoms with van der Waals surface area (Å²) in [7, 11) is 0. The Balaban J connectivity index is 0.000000595. The minimum Gasteiger partial charge on any atom is -0.393 e. The number of pyridine rings is 1. The maximum Gasteiger partial charge on any atom is 0.373 e. The Morgan fingerprint density at radius 2 is 2.17 bits per heavy atom. The molecule has 0 unspecified atom stereocenters. The van der Waals surface area contributed by atoms with Crippen molar-refractivity contribution in [1.82, 2.24) is 9.97 Å². The van der Waals surface area contributed by atoms with E-state index in [1.807, 2.05) is 12.4 Å². The highest BCUT2D eigenvalue weighted by molar-refractivity contribution is 5.91. The van der Waals surface area contributed by atoms with Crippen molar-refractivity contribution in [1.29, 1.82) is 0 Å². The minimum atomic E-state index is -0.169. The number of rotatable bonds is 3. The van der Waals surface area contributed by atoms with Gasteiger partial charge in [0.1, 0.15) is 5.65 Å². The van der Waals surface area contributed by atoms with Gasteiger partial charge < -0.3 is 15.4 Å². The molecule has 0 spiro atoms. The zero-order valence-electron chi connectivity index (χ0n) is 13.5. The number of carbonyl (C=O) groups excluding carboxylic acids is 2. The molecular weight excluding hydrogens is 294 g/mol. The van der Waals surface area contributed by atoms with Gasteiger partial charge in [0, 0.05) is 23.8 Å². The van der Waals surface area contributed by atoms with Gasteiger partial charge in [0.2, 0.25) is 0 Å². The molecule has 6 heteroatoms. The van der Waals surface area contributed by atoms with Crippen LogP contribution < -0.4 is 5.32 Å². The lowest BCUT2D eigenvalue weighted by Gasteiger charge is -2.34. The molecule has 3 N–H and O–H groups in total. The van der Waals surface area contributed by atoms with E-state index in [1.165, 1.54) is 11.3 Å². The topological polar surface area (TPSA) is 95.1 Å². The number of anilines is 1. The molecule has 124 valence electrons. The third-order valence-electron chi connectivity index (χ3n) is 4.54. The number of aromatic nitrogens is 2. The monoisotopic (exact) mass is 317 g/mol. The van der Waals surface area contributed by atoms with E-state index in [1.54, 1.807) is 0 Å². The van der Waals surface area contributed by atoms with E-state index in [9.17, 15) is 5.11 Å². The van der Waals surface area contributed by atoms with Crippen LogP contribution >= 0.6 is 0 Å². The molecule has 1 aliphatic carbocycles. The molecule has 0 amide bonds. The van der Waals surface area contributed by atoms with Crippen LogP contribution in [0.1, 0.15) is 38.7 Å². The van der Waals surface area contributed by atoms with Crippen LogP contribution in [0.3, 0.4) is 0 Å². The first-order valence-corrected chi connectivity index (χ1v) is 7.99. The highest BCUT2D eigenvalue weighted by atomic mass is 16.3. The molecule has 23 heavy (non-hydrogen) atoms. The zero-order valence-corrected chi connectivity index (χ0v) is 13.5. The highest BCUT2D eigenvalue weighted by Gasteiger charge is 2.27. The summed E-state index contributed by atoms with van der Waals surface area (Å²) in [5, 5.41) is 14.8. The van der Waals surface area contributed by atoms with Gasteiger partial charge >= 0.3 is 6.15 Å². The van der Waals surface area contributed by atoms with E-state index in [0.717, 1.165) is 36.7 Å². The van der Waals surface area contributed by atoms with Crippen LogP contribution in [0.25, 0.3) is 11.0 Å². The number of fused-ring (bicyclic) bond motifs is 1. The van der Waals surface area contributed by atoms with E-state index >= 15 is 0 Å². The van der Waals surface area contributed by atoms with Gasteiger partial charge in [0.15, 0.2) is 0 Å². The average Bonchev–Trinajstić information content (AvgIpc) is 3.01. The summed E-state index contributed by atoms with van der Waals surface area (Å²) in [6.45, 7) is 4.42. The molecule has 3 rings (SSSR count). The van der Waals surface area contributed by atoms with Crippen molar-refractivity contribution in [2.45, 2.75) is 51.7 Å².